The summed E-state index contributed by atoms with van der Waals surface area (Å²) in [6.07, 6.45) is 6.39. The minimum absolute atomic E-state index is 0.00388. The Morgan fingerprint density at radius 2 is 1.69 bits per heavy atom. The summed E-state index contributed by atoms with van der Waals surface area (Å²) in [5, 5.41) is 3.83. The van der Waals surface area contributed by atoms with E-state index in [9.17, 15) is 21.6 Å². The number of aromatic nitrogens is 1. The number of sulfonamides is 2. The van der Waals surface area contributed by atoms with E-state index < -0.39 is 25.6 Å². The highest BCUT2D eigenvalue weighted by Crippen LogP contribution is 2.41. The Bertz CT molecular complexity index is 1830. The maximum atomic E-state index is 13.7. The number of nitrogens with zero attached hydrogens (tertiary/aromatic N) is 3. The van der Waals surface area contributed by atoms with Crippen molar-refractivity contribution in [3.8, 4) is 11.1 Å². The zero-order chi connectivity index (χ0) is 32.4. The number of hydrogen-bond donors (Lipinski definition) is 2. The highest BCUT2D eigenvalue weighted by Gasteiger charge is 2.49. The molecule has 0 unspecified atom stereocenters. The van der Waals surface area contributed by atoms with Gasteiger partial charge in [-0.05, 0) is 57.2 Å². The van der Waals surface area contributed by atoms with Crippen LogP contribution in [-0.4, -0.2) is 49.9 Å². The van der Waals surface area contributed by atoms with Gasteiger partial charge >= 0.3 is 0 Å². The second-order valence-electron chi connectivity index (χ2n) is 11.9. The second kappa shape index (κ2) is 13.0. The van der Waals surface area contributed by atoms with Crippen LogP contribution >= 0.6 is 0 Å². The van der Waals surface area contributed by atoms with Crippen LogP contribution in [0.25, 0.3) is 11.1 Å². The van der Waals surface area contributed by atoms with Crippen molar-refractivity contribution in [1.29, 1.82) is 0 Å². The van der Waals surface area contributed by atoms with Crippen LogP contribution in [0.4, 0.5) is 11.5 Å². The number of anilines is 2. The minimum Gasteiger partial charge on any atom is -0.359 e. The Morgan fingerprint density at radius 3 is 2.36 bits per heavy atom. The van der Waals surface area contributed by atoms with E-state index in [1.165, 1.54) is 6.07 Å². The summed E-state index contributed by atoms with van der Waals surface area (Å²) in [7, 11) is -7.91. The molecule has 1 aliphatic heterocycles. The molecule has 2 aliphatic rings. The molecule has 2 heterocycles. The second-order valence-corrected chi connectivity index (χ2v) is 15.4. The number of rotatable bonds is 13. The lowest BCUT2D eigenvalue weighted by Gasteiger charge is -2.23. The highest BCUT2D eigenvalue weighted by atomic mass is 32.2. The van der Waals surface area contributed by atoms with Gasteiger partial charge in [-0.3, -0.25) is 24.1 Å². The van der Waals surface area contributed by atoms with Gasteiger partial charge in [-0.25, -0.2) is 16.8 Å². The molecule has 1 saturated carbocycles. The van der Waals surface area contributed by atoms with Crippen molar-refractivity contribution >= 4 is 43.3 Å². The van der Waals surface area contributed by atoms with Crippen LogP contribution in [0.3, 0.4) is 0 Å². The molecular formula is C32H41N5O6S2. The van der Waals surface area contributed by atoms with Gasteiger partial charge in [0.05, 0.1) is 22.9 Å². The van der Waals surface area contributed by atoms with Crippen LogP contribution in [0.15, 0.2) is 56.9 Å². The Kier molecular flexibility index (Phi) is 9.41. The first kappa shape index (κ1) is 32.7. The van der Waals surface area contributed by atoms with E-state index >= 15 is 0 Å². The third-order valence-electron chi connectivity index (χ3n) is 8.50. The number of aryl methyl sites for hydroxylation is 1. The average Bonchev–Trinajstić information content (AvgIpc) is 3.67. The molecule has 5 rings (SSSR count). The Balaban J connectivity index is 1.55. The molecule has 1 spiro atoms. The van der Waals surface area contributed by atoms with Crippen LogP contribution in [0.1, 0.15) is 82.1 Å². The first-order chi connectivity index (χ1) is 21.4. The van der Waals surface area contributed by atoms with E-state index in [-0.39, 0.29) is 34.6 Å². The molecule has 1 fully saturated rings. The van der Waals surface area contributed by atoms with Crippen molar-refractivity contribution in [2.45, 2.75) is 96.0 Å². The number of benzene rings is 2. The minimum atomic E-state index is -4.16. The van der Waals surface area contributed by atoms with E-state index in [4.69, 9.17) is 9.52 Å². The molecule has 3 aromatic rings. The molecular weight excluding hydrogens is 615 g/mol. The van der Waals surface area contributed by atoms with Gasteiger partial charge in [0.25, 0.3) is 15.9 Å². The van der Waals surface area contributed by atoms with Crippen LogP contribution in [0.5, 0.6) is 0 Å². The molecule has 11 nitrogen and oxygen atoms in total. The number of unbranched alkanes of at least 4 members (excludes halogenated alkanes) is 1. The number of amides is 1. The molecule has 13 heteroatoms. The Hall–Kier alpha value is -3.71. The fourth-order valence-corrected chi connectivity index (χ4v) is 8.42. The quantitative estimate of drug-likeness (QED) is 0.224. The zero-order valence-electron chi connectivity index (χ0n) is 26.2. The topological polar surface area (TPSA) is 151 Å². The molecule has 0 saturated heterocycles. The van der Waals surface area contributed by atoms with Crippen LogP contribution in [0.2, 0.25) is 0 Å². The third kappa shape index (κ3) is 6.79. The molecule has 2 aromatic carbocycles. The third-order valence-corrected chi connectivity index (χ3v) is 11.4. The van der Waals surface area contributed by atoms with Gasteiger partial charge in [0.2, 0.25) is 10.0 Å². The fourth-order valence-electron chi connectivity index (χ4n) is 6.00. The van der Waals surface area contributed by atoms with E-state index in [1.807, 2.05) is 0 Å². The van der Waals surface area contributed by atoms with Gasteiger partial charge in [-0.1, -0.05) is 68.6 Å². The number of carbonyl (C=O) groups is 1. The van der Waals surface area contributed by atoms with Crippen LogP contribution in [-0.2, 0) is 31.4 Å². The normalized spacial score (nSPS) is 16.4. The van der Waals surface area contributed by atoms with Crippen molar-refractivity contribution < 1.29 is 26.2 Å². The summed E-state index contributed by atoms with van der Waals surface area (Å²) in [6.45, 7) is 7.49. The van der Waals surface area contributed by atoms with Gasteiger partial charge in [0.15, 0.2) is 5.82 Å². The molecule has 0 bridgehead atoms. The Morgan fingerprint density at radius 1 is 0.956 bits per heavy atom. The standard InChI is InChI=1S/C32H41N5O6S2/c1-5-7-14-29-33-32(17-10-11-18-32)31(38)37(29)21-24-15-16-25(27(20-24)35-44(39,40)19-6-2)26-12-8-9-13-28(26)45(41,42)36-30-22(3)23(4)43-34-30/h8-9,12-13,15-16,20,35H,5-7,10-11,14,17-19,21H2,1-4H3,(H,34,36). The lowest BCUT2D eigenvalue weighted by molar-refractivity contribution is -0.131. The largest absolute Gasteiger partial charge is 0.359 e. The molecule has 45 heavy (non-hydrogen) atoms. The number of hydrogen-bond acceptors (Lipinski definition) is 8. The summed E-state index contributed by atoms with van der Waals surface area (Å²) in [5.74, 6) is 1.25. The smallest absolute Gasteiger partial charge is 0.263 e. The Labute approximate surface area is 265 Å². The summed E-state index contributed by atoms with van der Waals surface area (Å²) in [5.41, 5.74) is 1.49. The van der Waals surface area contributed by atoms with Crippen LogP contribution < -0.4 is 9.44 Å². The lowest BCUT2D eigenvalue weighted by Crippen LogP contribution is -2.40. The van der Waals surface area contributed by atoms with E-state index in [2.05, 4.69) is 21.5 Å². The molecule has 2 N–H and O–H groups in total. The predicted octanol–water partition coefficient (Wildman–Crippen LogP) is 6.15. The van der Waals surface area contributed by atoms with Crippen molar-refractivity contribution in [3.05, 3.63) is 59.4 Å². The first-order valence-electron chi connectivity index (χ1n) is 15.5. The van der Waals surface area contributed by atoms with Gasteiger partial charge in [-0.2, -0.15) is 0 Å². The summed E-state index contributed by atoms with van der Waals surface area (Å²) in [6, 6.07) is 11.6. The van der Waals surface area contributed by atoms with Gasteiger partial charge in [-0.15, -0.1) is 0 Å². The maximum absolute atomic E-state index is 13.7. The molecule has 0 radical (unpaired) electrons. The number of carbonyl (C=O) groups excluding carboxylic acids is 1. The number of aliphatic imine (C=N–C) groups is 1. The first-order valence-corrected chi connectivity index (χ1v) is 18.6. The zero-order valence-corrected chi connectivity index (χ0v) is 27.9. The summed E-state index contributed by atoms with van der Waals surface area (Å²) in [4.78, 5) is 20.4. The van der Waals surface area contributed by atoms with Crippen molar-refractivity contribution in [2.24, 2.45) is 4.99 Å². The SMILES string of the molecule is CCCCC1=NC2(CCCC2)C(=O)N1Cc1ccc(-c2ccccc2S(=O)(=O)Nc2noc(C)c2C)c(NS(=O)(=O)CCC)c1. The number of amidine groups is 1. The highest BCUT2D eigenvalue weighted by molar-refractivity contribution is 7.93. The van der Waals surface area contributed by atoms with Gasteiger partial charge < -0.3 is 4.52 Å². The van der Waals surface area contributed by atoms with E-state index in [0.29, 0.717) is 40.9 Å². The van der Waals surface area contributed by atoms with E-state index in [1.54, 1.807) is 62.1 Å². The molecule has 242 valence electrons. The van der Waals surface area contributed by atoms with E-state index in [0.717, 1.165) is 44.4 Å². The van der Waals surface area contributed by atoms with Gasteiger partial charge in [0.1, 0.15) is 17.1 Å². The molecule has 1 aliphatic carbocycles. The average molecular weight is 656 g/mol. The summed E-state index contributed by atoms with van der Waals surface area (Å²) >= 11 is 0. The maximum Gasteiger partial charge on any atom is 0.263 e. The van der Waals surface area contributed by atoms with Crippen molar-refractivity contribution in [1.82, 2.24) is 10.1 Å². The monoisotopic (exact) mass is 655 g/mol. The van der Waals surface area contributed by atoms with Gasteiger partial charge in [0, 0.05) is 23.1 Å². The molecule has 1 amide bonds. The van der Waals surface area contributed by atoms with Crippen molar-refractivity contribution in [2.75, 3.05) is 15.2 Å². The fraction of sp³-hybridized carbons (Fsp3) is 0.469. The number of nitrogens with one attached hydrogen (secondary N) is 2. The lowest BCUT2D eigenvalue weighted by atomic mass is 9.97. The van der Waals surface area contributed by atoms with Crippen LogP contribution in [0, 0.1) is 13.8 Å². The van der Waals surface area contributed by atoms with Crippen molar-refractivity contribution in [3.63, 3.8) is 0 Å². The molecule has 0 atom stereocenters. The summed E-state index contributed by atoms with van der Waals surface area (Å²) < 4.78 is 63.7. The molecule has 1 aromatic heterocycles. The predicted molar refractivity (Wildman–Crippen MR) is 175 cm³/mol.